The van der Waals surface area contributed by atoms with Crippen molar-refractivity contribution in [3.63, 3.8) is 0 Å². The van der Waals surface area contributed by atoms with Crippen LogP contribution >= 0.6 is 0 Å². The standard InChI is InChI=1S/C14H25N5O/c1-14(2,3)19-11-12(16-17-19)9-15-10-13(20)18-7-5-4-6-8-18/h11,15H,4-10H2,1-3H3. The van der Waals surface area contributed by atoms with Crippen molar-refractivity contribution in [1.29, 1.82) is 0 Å². The molecule has 1 aromatic rings. The molecule has 1 aliphatic rings. The monoisotopic (exact) mass is 279 g/mol. The Hall–Kier alpha value is -1.43. The van der Waals surface area contributed by atoms with Crippen LogP contribution in [-0.2, 0) is 16.9 Å². The maximum absolute atomic E-state index is 12.0. The predicted octanol–water partition coefficient (Wildman–Crippen LogP) is 1.14. The molecule has 6 nitrogen and oxygen atoms in total. The van der Waals surface area contributed by atoms with Crippen molar-refractivity contribution in [2.75, 3.05) is 19.6 Å². The number of rotatable bonds is 4. The van der Waals surface area contributed by atoms with Gasteiger partial charge in [0.05, 0.1) is 24.0 Å². The maximum Gasteiger partial charge on any atom is 0.236 e. The average molecular weight is 279 g/mol. The highest BCUT2D eigenvalue weighted by Crippen LogP contribution is 2.11. The van der Waals surface area contributed by atoms with Gasteiger partial charge in [0, 0.05) is 19.6 Å². The van der Waals surface area contributed by atoms with Crippen molar-refractivity contribution in [3.8, 4) is 0 Å². The molecule has 2 heterocycles. The average Bonchev–Trinajstić information content (AvgIpc) is 2.88. The largest absolute Gasteiger partial charge is 0.342 e. The van der Waals surface area contributed by atoms with E-state index in [1.165, 1.54) is 6.42 Å². The number of hydrogen-bond acceptors (Lipinski definition) is 4. The van der Waals surface area contributed by atoms with Gasteiger partial charge in [0.1, 0.15) is 0 Å². The highest BCUT2D eigenvalue weighted by molar-refractivity contribution is 5.78. The minimum absolute atomic E-state index is 0.0606. The summed E-state index contributed by atoms with van der Waals surface area (Å²) in [5.41, 5.74) is 0.806. The van der Waals surface area contributed by atoms with Gasteiger partial charge in [0.25, 0.3) is 0 Å². The molecule has 1 fully saturated rings. The molecule has 1 aliphatic heterocycles. The number of amides is 1. The Kier molecular flexibility index (Phi) is 4.75. The van der Waals surface area contributed by atoms with Crippen LogP contribution in [0.25, 0.3) is 0 Å². The van der Waals surface area contributed by atoms with Crippen molar-refractivity contribution in [2.24, 2.45) is 0 Å². The summed E-state index contributed by atoms with van der Waals surface area (Å²) >= 11 is 0. The molecule has 0 atom stereocenters. The summed E-state index contributed by atoms with van der Waals surface area (Å²) in [6, 6.07) is 0. The van der Waals surface area contributed by atoms with Crippen molar-refractivity contribution >= 4 is 5.91 Å². The second kappa shape index (κ2) is 6.35. The first-order chi connectivity index (χ1) is 9.47. The lowest BCUT2D eigenvalue weighted by molar-refractivity contribution is -0.131. The third-order valence-corrected chi connectivity index (χ3v) is 3.52. The number of carbonyl (C=O) groups is 1. The van der Waals surface area contributed by atoms with Gasteiger partial charge in [-0.15, -0.1) is 5.10 Å². The fourth-order valence-electron chi connectivity index (χ4n) is 2.26. The molecule has 1 N–H and O–H groups in total. The van der Waals surface area contributed by atoms with E-state index in [-0.39, 0.29) is 11.4 Å². The molecule has 0 saturated carbocycles. The van der Waals surface area contributed by atoms with E-state index in [0.29, 0.717) is 13.1 Å². The minimum atomic E-state index is -0.0606. The topological polar surface area (TPSA) is 63.1 Å². The zero-order valence-corrected chi connectivity index (χ0v) is 12.7. The quantitative estimate of drug-likeness (QED) is 0.897. The van der Waals surface area contributed by atoms with Gasteiger partial charge in [0.15, 0.2) is 0 Å². The molecule has 0 radical (unpaired) electrons. The van der Waals surface area contributed by atoms with Crippen molar-refractivity contribution in [2.45, 2.75) is 52.1 Å². The SMILES string of the molecule is CC(C)(C)n1cc(CNCC(=O)N2CCCCC2)nn1. The first-order valence-corrected chi connectivity index (χ1v) is 7.37. The van der Waals surface area contributed by atoms with Crippen LogP contribution in [0.3, 0.4) is 0 Å². The van der Waals surface area contributed by atoms with Gasteiger partial charge in [-0.05, 0) is 40.0 Å². The Labute approximate surface area is 120 Å². The van der Waals surface area contributed by atoms with E-state index in [1.54, 1.807) is 0 Å². The molecule has 6 heteroatoms. The fraction of sp³-hybridized carbons (Fsp3) is 0.786. The predicted molar refractivity (Wildman–Crippen MR) is 77.2 cm³/mol. The van der Waals surface area contributed by atoms with E-state index in [9.17, 15) is 4.79 Å². The molecule has 0 aliphatic carbocycles. The molecule has 1 aromatic heterocycles. The Morgan fingerprint density at radius 1 is 1.30 bits per heavy atom. The van der Waals surface area contributed by atoms with Crippen LogP contribution in [0.15, 0.2) is 6.20 Å². The number of aromatic nitrogens is 3. The van der Waals surface area contributed by atoms with Gasteiger partial charge in [-0.3, -0.25) is 4.79 Å². The van der Waals surface area contributed by atoms with Crippen LogP contribution in [0.2, 0.25) is 0 Å². The minimum Gasteiger partial charge on any atom is -0.342 e. The maximum atomic E-state index is 12.0. The molecule has 0 spiro atoms. The Balaban J connectivity index is 1.75. The Morgan fingerprint density at radius 3 is 2.60 bits per heavy atom. The van der Waals surface area contributed by atoms with E-state index in [2.05, 4.69) is 36.4 Å². The molecule has 2 rings (SSSR count). The Morgan fingerprint density at radius 2 is 2.00 bits per heavy atom. The van der Waals surface area contributed by atoms with Gasteiger partial charge in [-0.25, -0.2) is 4.68 Å². The highest BCUT2D eigenvalue weighted by Gasteiger charge is 2.17. The highest BCUT2D eigenvalue weighted by atomic mass is 16.2. The molecular formula is C14H25N5O. The van der Waals surface area contributed by atoms with E-state index in [1.807, 2.05) is 15.8 Å². The number of nitrogens with one attached hydrogen (secondary N) is 1. The smallest absolute Gasteiger partial charge is 0.236 e. The first-order valence-electron chi connectivity index (χ1n) is 7.37. The fourth-order valence-corrected chi connectivity index (χ4v) is 2.26. The van der Waals surface area contributed by atoms with Crippen LogP contribution < -0.4 is 5.32 Å². The van der Waals surface area contributed by atoms with Crippen molar-refractivity contribution in [1.82, 2.24) is 25.2 Å². The van der Waals surface area contributed by atoms with E-state index in [4.69, 9.17) is 0 Å². The number of piperidine rings is 1. The molecule has 112 valence electrons. The van der Waals surface area contributed by atoms with E-state index >= 15 is 0 Å². The number of likely N-dealkylation sites (tertiary alicyclic amines) is 1. The summed E-state index contributed by atoms with van der Waals surface area (Å²) in [5.74, 6) is 0.188. The van der Waals surface area contributed by atoms with Crippen LogP contribution in [0.4, 0.5) is 0 Å². The second-order valence-electron chi connectivity index (χ2n) is 6.37. The molecule has 1 amide bonds. The number of nitrogens with zero attached hydrogens (tertiary/aromatic N) is 4. The molecule has 1 saturated heterocycles. The summed E-state index contributed by atoms with van der Waals surface area (Å²) in [4.78, 5) is 13.9. The van der Waals surface area contributed by atoms with Gasteiger partial charge in [-0.2, -0.15) is 0 Å². The summed E-state index contributed by atoms with van der Waals surface area (Å²) in [5, 5.41) is 11.4. The third-order valence-electron chi connectivity index (χ3n) is 3.52. The second-order valence-corrected chi connectivity index (χ2v) is 6.37. The molecule has 0 bridgehead atoms. The third kappa shape index (κ3) is 4.03. The van der Waals surface area contributed by atoms with Crippen LogP contribution in [0.5, 0.6) is 0 Å². The summed E-state index contributed by atoms with van der Waals surface area (Å²) in [6.45, 7) is 9.01. The van der Waals surface area contributed by atoms with Gasteiger partial charge in [0.2, 0.25) is 5.91 Å². The van der Waals surface area contributed by atoms with Crippen LogP contribution in [-0.4, -0.2) is 45.4 Å². The normalized spacial score (nSPS) is 16.4. The zero-order valence-electron chi connectivity index (χ0n) is 12.7. The molecule has 20 heavy (non-hydrogen) atoms. The zero-order chi connectivity index (χ0) is 14.6. The van der Waals surface area contributed by atoms with Gasteiger partial charge in [-0.1, -0.05) is 5.21 Å². The summed E-state index contributed by atoms with van der Waals surface area (Å²) in [7, 11) is 0. The summed E-state index contributed by atoms with van der Waals surface area (Å²) in [6.07, 6.45) is 5.43. The molecule has 0 aromatic carbocycles. The van der Waals surface area contributed by atoms with E-state index < -0.39 is 0 Å². The van der Waals surface area contributed by atoms with Gasteiger partial charge < -0.3 is 10.2 Å². The van der Waals surface area contributed by atoms with Crippen LogP contribution in [0, 0.1) is 0 Å². The number of carbonyl (C=O) groups excluding carboxylic acids is 1. The lowest BCUT2D eigenvalue weighted by Crippen LogP contribution is -2.41. The van der Waals surface area contributed by atoms with E-state index in [0.717, 1.165) is 31.6 Å². The lowest BCUT2D eigenvalue weighted by atomic mass is 10.1. The molecular weight excluding hydrogens is 254 g/mol. The Bertz CT molecular complexity index is 443. The van der Waals surface area contributed by atoms with Gasteiger partial charge >= 0.3 is 0 Å². The lowest BCUT2D eigenvalue weighted by Gasteiger charge is -2.26. The first kappa shape index (κ1) is 15.0. The van der Waals surface area contributed by atoms with Crippen LogP contribution in [0.1, 0.15) is 45.7 Å². The van der Waals surface area contributed by atoms with Crippen molar-refractivity contribution < 1.29 is 4.79 Å². The van der Waals surface area contributed by atoms with Crippen molar-refractivity contribution in [3.05, 3.63) is 11.9 Å². The number of hydrogen-bond donors (Lipinski definition) is 1. The summed E-state index contributed by atoms with van der Waals surface area (Å²) < 4.78 is 1.84. The molecule has 0 unspecified atom stereocenters.